The van der Waals surface area contributed by atoms with Crippen LogP contribution in [0.3, 0.4) is 0 Å². The van der Waals surface area contributed by atoms with Gasteiger partial charge in [0.15, 0.2) is 0 Å². The highest BCUT2D eigenvalue weighted by Crippen LogP contribution is 2.29. The fraction of sp³-hybridized carbons (Fsp3) is 0.600. The summed E-state index contributed by atoms with van der Waals surface area (Å²) in [6, 6.07) is 2.03. The SMILES string of the molecule is NCc1nccc(C2CCSCC2)n1. The lowest BCUT2D eigenvalue weighted by Crippen LogP contribution is -2.12. The standard InChI is InChI=1S/C10H15N3S/c11-7-10-12-4-1-9(13-10)8-2-5-14-6-3-8/h1,4,8H,2-3,5-7,11H2. The maximum Gasteiger partial charge on any atom is 0.142 e. The van der Waals surface area contributed by atoms with E-state index < -0.39 is 0 Å². The third kappa shape index (κ3) is 2.25. The predicted molar refractivity (Wildman–Crippen MR) is 59.2 cm³/mol. The van der Waals surface area contributed by atoms with E-state index in [2.05, 4.69) is 9.97 Å². The second kappa shape index (κ2) is 4.75. The maximum absolute atomic E-state index is 5.52. The van der Waals surface area contributed by atoms with E-state index in [9.17, 15) is 0 Å². The molecule has 1 aliphatic rings. The van der Waals surface area contributed by atoms with Gasteiger partial charge >= 0.3 is 0 Å². The van der Waals surface area contributed by atoms with Gasteiger partial charge in [0.05, 0.1) is 6.54 Å². The van der Waals surface area contributed by atoms with Gasteiger partial charge in [-0.15, -0.1) is 0 Å². The van der Waals surface area contributed by atoms with Crippen LogP contribution in [0.25, 0.3) is 0 Å². The van der Waals surface area contributed by atoms with Crippen LogP contribution >= 0.6 is 11.8 Å². The molecule has 4 heteroatoms. The summed E-state index contributed by atoms with van der Waals surface area (Å²) < 4.78 is 0. The van der Waals surface area contributed by atoms with Crippen LogP contribution < -0.4 is 5.73 Å². The van der Waals surface area contributed by atoms with Gasteiger partial charge in [0.1, 0.15) is 5.82 Å². The Balaban J connectivity index is 2.13. The first kappa shape index (κ1) is 9.93. The molecule has 0 unspecified atom stereocenters. The molecule has 2 heterocycles. The number of hydrogen-bond donors (Lipinski definition) is 1. The normalized spacial score (nSPS) is 18.4. The van der Waals surface area contributed by atoms with Crippen molar-refractivity contribution < 1.29 is 0 Å². The molecule has 2 N–H and O–H groups in total. The smallest absolute Gasteiger partial charge is 0.142 e. The number of nitrogens with zero attached hydrogens (tertiary/aromatic N) is 2. The third-order valence-electron chi connectivity index (χ3n) is 2.55. The van der Waals surface area contributed by atoms with E-state index in [-0.39, 0.29) is 0 Å². The molecule has 0 radical (unpaired) electrons. The van der Waals surface area contributed by atoms with E-state index in [4.69, 9.17) is 5.73 Å². The topological polar surface area (TPSA) is 51.8 Å². The monoisotopic (exact) mass is 209 g/mol. The molecule has 2 rings (SSSR count). The minimum atomic E-state index is 0.440. The van der Waals surface area contributed by atoms with Crippen molar-refractivity contribution in [1.82, 2.24) is 9.97 Å². The summed E-state index contributed by atoms with van der Waals surface area (Å²) in [6.45, 7) is 0.440. The van der Waals surface area contributed by atoms with Gasteiger partial charge in [-0.25, -0.2) is 9.97 Å². The lowest BCUT2D eigenvalue weighted by molar-refractivity contribution is 0.612. The largest absolute Gasteiger partial charge is 0.324 e. The fourth-order valence-corrected chi connectivity index (χ4v) is 2.84. The first-order valence-corrected chi connectivity index (χ1v) is 6.15. The van der Waals surface area contributed by atoms with Crippen LogP contribution in [0.1, 0.15) is 30.3 Å². The van der Waals surface area contributed by atoms with Crippen LogP contribution in [0.5, 0.6) is 0 Å². The van der Waals surface area contributed by atoms with Gasteiger partial charge < -0.3 is 5.73 Å². The van der Waals surface area contributed by atoms with Crippen molar-refractivity contribution in [2.45, 2.75) is 25.3 Å². The first-order valence-electron chi connectivity index (χ1n) is 5.00. The van der Waals surface area contributed by atoms with E-state index in [1.165, 1.54) is 30.0 Å². The molecule has 0 atom stereocenters. The molecule has 3 nitrogen and oxygen atoms in total. The molecule has 1 aromatic rings. The van der Waals surface area contributed by atoms with E-state index in [0.29, 0.717) is 12.5 Å². The van der Waals surface area contributed by atoms with Crippen LogP contribution in [-0.2, 0) is 6.54 Å². The maximum atomic E-state index is 5.52. The van der Waals surface area contributed by atoms with Crippen molar-refractivity contribution in [3.05, 3.63) is 23.8 Å². The van der Waals surface area contributed by atoms with Gasteiger partial charge in [-0.3, -0.25) is 0 Å². The number of thioether (sulfide) groups is 1. The predicted octanol–water partition coefficient (Wildman–Crippen LogP) is 1.55. The second-order valence-corrected chi connectivity index (χ2v) is 4.71. The zero-order valence-corrected chi connectivity index (χ0v) is 8.96. The summed E-state index contributed by atoms with van der Waals surface area (Å²) in [5.74, 6) is 3.91. The molecule has 14 heavy (non-hydrogen) atoms. The van der Waals surface area contributed by atoms with Crippen LogP contribution in [-0.4, -0.2) is 21.5 Å². The summed E-state index contributed by atoms with van der Waals surface area (Å²) in [4.78, 5) is 8.58. The van der Waals surface area contributed by atoms with E-state index >= 15 is 0 Å². The zero-order valence-electron chi connectivity index (χ0n) is 8.15. The molecule has 0 bridgehead atoms. The minimum Gasteiger partial charge on any atom is -0.324 e. The molecular formula is C10H15N3S. The van der Waals surface area contributed by atoms with E-state index in [1.54, 1.807) is 0 Å². The Morgan fingerprint density at radius 1 is 1.43 bits per heavy atom. The summed E-state index contributed by atoms with van der Waals surface area (Å²) in [7, 11) is 0. The third-order valence-corrected chi connectivity index (χ3v) is 3.60. The highest BCUT2D eigenvalue weighted by atomic mass is 32.2. The van der Waals surface area contributed by atoms with Crippen molar-refractivity contribution in [2.24, 2.45) is 5.73 Å². The van der Waals surface area contributed by atoms with Gasteiger partial charge in [-0.05, 0) is 30.4 Å². The molecule has 0 amide bonds. The summed E-state index contributed by atoms with van der Waals surface area (Å²) in [6.07, 6.45) is 4.31. The molecule has 1 saturated heterocycles. The Morgan fingerprint density at radius 2 is 2.21 bits per heavy atom. The van der Waals surface area contributed by atoms with Crippen LogP contribution in [0.4, 0.5) is 0 Å². The molecule has 1 aromatic heterocycles. The van der Waals surface area contributed by atoms with E-state index in [1.807, 2.05) is 24.0 Å². The fourth-order valence-electron chi connectivity index (χ4n) is 1.73. The quantitative estimate of drug-likeness (QED) is 0.803. The number of rotatable bonds is 2. The van der Waals surface area contributed by atoms with Crippen molar-refractivity contribution in [2.75, 3.05) is 11.5 Å². The van der Waals surface area contributed by atoms with Crippen molar-refractivity contribution in [3.63, 3.8) is 0 Å². The molecule has 1 fully saturated rings. The van der Waals surface area contributed by atoms with Gasteiger partial charge in [0.25, 0.3) is 0 Å². The van der Waals surface area contributed by atoms with Crippen LogP contribution in [0.15, 0.2) is 12.3 Å². The van der Waals surface area contributed by atoms with Crippen molar-refractivity contribution in [1.29, 1.82) is 0 Å². The number of nitrogens with two attached hydrogens (primary N) is 1. The molecular weight excluding hydrogens is 194 g/mol. The van der Waals surface area contributed by atoms with Crippen LogP contribution in [0, 0.1) is 0 Å². The zero-order chi connectivity index (χ0) is 9.80. The molecule has 76 valence electrons. The second-order valence-electron chi connectivity index (χ2n) is 3.49. The van der Waals surface area contributed by atoms with E-state index in [0.717, 1.165) is 5.82 Å². The Labute approximate surface area is 88.5 Å². The molecule has 0 spiro atoms. The first-order chi connectivity index (χ1) is 6.90. The molecule has 0 saturated carbocycles. The molecule has 0 aliphatic carbocycles. The number of aromatic nitrogens is 2. The highest BCUT2D eigenvalue weighted by molar-refractivity contribution is 7.99. The molecule has 1 aliphatic heterocycles. The summed E-state index contributed by atoms with van der Waals surface area (Å²) in [5.41, 5.74) is 6.70. The highest BCUT2D eigenvalue weighted by Gasteiger charge is 2.17. The van der Waals surface area contributed by atoms with Gasteiger partial charge in [-0.2, -0.15) is 11.8 Å². The van der Waals surface area contributed by atoms with Crippen LogP contribution in [0.2, 0.25) is 0 Å². The average Bonchev–Trinajstić information content (AvgIpc) is 2.30. The van der Waals surface area contributed by atoms with Gasteiger partial charge in [0, 0.05) is 17.8 Å². The van der Waals surface area contributed by atoms with Gasteiger partial charge in [0.2, 0.25) is 0 Å². The Hall–Kier alpha value is -0.610. The van der Waals surface area contributed by atoms with Gasteiger partial charge in [-0.1, -0.05) is 0 Å². The summed E-state index contributed by atoms with van der Waals surface area (Å²) >= 11 is 2.04. The Kier molecular flexibility index (Phi) is 3.37. The minimum absolute atomic E-state index is 0.440. The lowest BCUT2D eigenvalue weighted by Gasteiger charge is -2.20. The lowest BCUT2D eigenvalue weighted by atomic mass is 9.99. The Bertz CT molecular complexity index is 297. The average molecular weight is 209 g/mol. The molecule has 0 aromatic carbocycles. The Morgan fingerprint density at radius 3 is 2.93 bits per heavy atom. The van der Waals surface area contributed by atoms with Crippen molar-refractivity contribution in [3.8, 4) is 0 Å². The van der Waals surface area contributed by atoms with Crippen molar-refractivity contribution >= 4 is 11.8 Å². The summed E-state index contributed by atoms with van der Waals surface area (Å²) in [5, 5.41) is 0. The number of hydrogen-bond acceptors (Lipinski definition) is 4.